The van der Waals surface area contributed by atoms with E-state index >= 15 is 0 Å². The summed E-state index contributed by atoms with van der Waals surface area (Å²) >= 11 is 0. The molecule has 2 saturated carbocycles. The summed E-state index contributed by atoms with van der Waals surface area (Å²) in [6, 6.07) is 0. The van der Waals surface area contributed by atoms with E-state index in [1.54, 1.807) is 0 Å². The van der Waals surface area contributed by atoms with Gasteiger partial charge >= 0.3 is 23.9 Å². The number of esters is 4. The number of ether oxygens (including phenoxy) is 4. The molecule has 3 atom stereocenters. The fourth-order valence-electron chi connectivity index (χ4n) is 7.94. The maximum atomic E-state index is 11.0. The van der Waals surface area contributed by atoms with E-state index in [0.29, 0.717) is 31.6 Å². The van der Waals surface area contributed by atoms with Crippen molar-refractivity contribution in [2.45, 2.75) is 206 Å². The zero-order valence-electron chi connectivity index (χ0n) is 31.8. The lowest BCUT2D eigenvalue weighted by Crippen LogP contribution is -2.33. The Kier molecular flexibility index (Phi) is 17.1. The molecule has 0 aromatic carbocycles. The summed E-state index contributed by atoms with van der Waals surface area (Å²) in [7, 11) is 0. The predicted octanol–water partition coefficient (Wildman–Crippen LogP) is 9.89. The van der Waals surface area contributed by atoms with Crippen molar-refractivity contribution < 1.29 is 38.1 Å². The molecule has 0 N–H and O–H groups in total. The number of unbranched alkanes of at least 4 members (excludes halogenated alkanes) is 1. The van der Waals surface area contributed by atoms with E-state index in [9.17, 15) is 19.2 Å². The molecular formula is C41H68O8. The van der Waals surface area contributed by atoms with E-state index in [2.05, 4.69) is 47.6 Å². The lowest BCUT2D eigenvalue weighted by atomic mass is 9.76. The molecule has 4 saturated heterocycles. The number of rotatable bonds is 8. The summed E-state index contributed by atoms with van der Waals surface area (Å²) in [5.74, 6) is 2.21. The van der Waals surface area contributed by atoms with Crippen LogP contribution in [0.15, 0.2) is 11.6 Å². The van der Waals surface area contributed by atoms with Gasteiger partial charge in [-0.25, -0.2) is 0 Å². The Balaban J connectivity index is 0.000000178. The summed E-state index contributed by atoms with van der Waals surface area (Å²) in [5.41, 5.74) is 1.31. The second-order valence-electron chi connectivity index (χ2n) is 16.0. The van der Waals surface area contributed by atoms with E-state index < -0.39 is 0 Å². The molecule has 4 aliphatic heterocycles. The first-order valence-corrected chi connectivity index (χ1v) is 19.8. The molecule has 8 nitrogen and oxygen atoms in total. The quantitative estimate of drug-likeness (QED) is 0.141. The second-order valence-corrected chi connectivity index (χ2v) is 16.0. The first-order valence-electron chi connectivity index (χ1n) is 19.8. The first kappa shape index (κ1) is 41.0. The minimum atomic E-state index is -0.0250. The van der Waals surface area contributed by atoms with Gasteiger partial charge in [-0.15, -0.1) is 0 Å². The van der Waals surface area contributed by atoms with Crippen LogP contribution in [0, 0.1) is 17.8 Å². The average molecular weight is 689 g/mol. The molecule has 49 heavy (non-hydrogen) atoms. The van der Waals surface area contributed by atoms with Gasteiger partial charge in [0, 0.05) is 25.7 Å². The predicted molar refractivity (Wildman–Crippen MR) is 192 cm³/mol. The fraction of sp³-hybridized carbons (Fsp3) is 0.854. The molecule has 3 unspecified atom stereocenters. The molecular weight excluding hydrogens is 620 g/mol. The SMILES string of the molecule is CC(C)=CCCC(C)C1CCC(=O)O1.CC1CCC2(CCC(=O)O2)CC1.CCC1CCC2(CCC(=O)O2)CC1.CCCCC1CCC(=O)O1. The van der Waals surface area contributed by atoms with Gasteiger partial charge in [-0.3, -0.25) is 19.2 Å². The lowest BCUT2D eigenvalue weighted by molar-refractivity contribution is -0.152. The van der Waals surface area contributed by atoms with Crippen molar-refractivity contribution in [1.29, 1.82) is 0 Å². The summed E-state index contributed by atoms with van der Waals surface area (Å²) in [6.07, 6.45) is 25.3. The molecule has 0 aromatic heterocycles. The van der Waals surface area contributed by atoms with E-state index in [0.717, 1.165) is 82.5 Å². The van der Waals surface area contributed by atoms with Crippen molar-refractivity contribution in [3.63, 3.8) is 0 Å². The molecule has 8 heteroatoms. The number of hydrogen-bond donors (Lipinski definition) is 0. The first-order chi connectivity index (χ1) is 23.4. The minimum absolute atomic E-state index is 0.0129. The largest absolute Gasteiger partial charge is 0.462 e. The third-order valence-electron chi connectivity index (χ3n) is 11.6. The Bertz CT molecular complexity index is 1080. The molecule has 0 amide bonds. The van der Waals surface area contributed by atoms with Gasteiger partial charge in [0.25, 0.3) is 0 Å². The van der Waals surface area contributed by atoms with Gasteiger partial charge in [0.05, 0.1) is 0 Å². The van der Waals surface area contributed by atoms with Crippen LogP contribution in [0.2, 0.25) is 0 Å². The highest BCUT2D eigenvalue weighted by molar-refractivity contribution is 5.73. The third-order valence-corrected chi connectivity index (χ3v) is 11.6. The Morgan fingerprint density at radius 3 is 1.71 bits per heavy atom. The maximum Gasteiger partial charge on any atom is 0.306 e. The lowest BCUT2D eigenvalue weighted by Gasteiger charge is -2.35. The van der Waals surface area contributed by atoms with E-state index in [1.165, 1.54) is 50.5 Å². The number of allylic oxidation sites excluding steroid dienone is 2. The van der Waals surface area contributed by atoms with E-state index in [1.807, 2.05) is 0 Å². The van der Waals surface area contributed by atoms with Gasteiger partial charge in [-0.1, -0.05) is 58.6 Å². The molecule has 2 spiro atoms. The summed E-state index contributed by atoms with van der Waals surface area (Å²) in [4.78, 5) is 43.5. The number of carbonyl (C=O) groups excluding carboxylic acids is 4. The highest BCUT2D eigenvalue weighted by Gasteiger charge is 2.43. The summed E-state index contributed by atoms with van der Waals surface area (Å²) < 4.78 is 21.1. The van der Waals surface area contributed by atoms with Crippen LogP contribution in [0.3, 0.4) is 0 Å². The molecule has 4 heterocycles. The van der Waals surface area contributed by atoms with Crippen molar-refractivity contribution in [2.24, 2.45) is 17.8 Å². The molecule has 0 radical (unpaired) electrons. The smallest absolute Gasteiger partial charge is 0.306 e. The monoisotopic (exact) mass is 688 g/mol. The normalized spacial score (nSPS) is 32.4. The maximum absolute atomic E-state index is 11.0. The van der Waals surface area contributed by atoms with Gasteiger partial charge in [0.1, 0.15) is 23.4 Å². The zero-order valence-corrected chi connectivity index (χ0v) is 31.8. The van der Waals surface area contributed by atoms with Crippen molar-refractivity contribution in [3.8, 4) is 0 Å². The standard InChI is InChI=1S/C12H20O2.C11H18O2.C10H16O2.C8H14O2/c1-9(2)5-4-6-10(3)11-7-8-12(13)14-11;1-2-9-3-6-11(7-4-9)8-5-10(12)13-11;1-8-2-5-10(6-3-8)7-4-9(11)12-10;1-2-3-4-7-5-6-8(9)10-7/h5,10-11H,4,6-8H2,1-3H3;9H,2-8H2,1H3;8H,2-7H2,1H3;7H,2-6H2,1H3. The molecule has 6 fully saturated rings. The Morgan fingerprint density at radius 1 is 0.735 bits per heavy atom. The summed E-state index contributed by atoms with van der Waals surface area (Å²) in [5, 5.41) is 0. The van der Waals surface area contributed by atoms with Gasteiger partial charge in [0.2, 0.25) is 0 Å². The van der Waals surface area contributed by atoms with Crippen LogP contribution in [0.25, 0.3) is 0 Å². The number of hydrogen-bond acceptors (Lipinski definition) is 8. The van der Waals surface area contributed by atoms with Crippen LogP contribution in [0.1, 0.15) is 183 Å². The molecule has 0 bridgehead atoms. The highest BCUT2D eigenvalue weighted by Crippen LogP contribution is 2.43. The topological polar surface area (TPSA) is 105 Å². The van der Waals surface area contributed by atoms with Crippen LogP contribution in [-0.2, 0) is 38.1 Å². The van der Waals surface area contributed by atoms with Crippen molar-refractivity contribution in [1.82, 2.24) is 0 Å². The Morgan fingerprint density at radius 2 is 1.29 bits per heavy atom. The van der Waals surface area contributed by atoms with Crippen LogP contribution in [0.5, 0.6) is 0 Å². The number of cyclic esters (lactones) is 2. The van der Waals surface area contributed by atoms with Crippen molar-refractivity contribution in [3.05, 3.63) is 11.6 Å². The van der Waals surface area contributed by atoms with E-state index in [4.69, 9.17) is 18.9 Å². The zero-order chi connectivity index (χ0) is 35.9. The summed E-state index contributed by atoms with van der Waals surface area (Å²) in [6.45, 7) is 13.1. The molecule has 6 rings (SSSR count). The van der Waals surface area contributed by atoms with Crippen molar-refractivity contribution >= 4 is 23.9 Å². The molecule has 2 aliphatic carbocycles. The minimum Gasteiger partial charge on any atom is -0.462 e. The van der Waals surface area contributed by atoms with Crippen LogP contribution >= 0.6 is 0 Å². The third kappa shape index (κ3) is 14.4. The van der Waals surface area contributed by atoms with Crippen LogP contribution < -0.4 is 0 Å². The number of carbonyl (C=O) groups is 4. The average Bonchev–Trinajstić information content (AvgIpc) is 3.87. The van der Waals surface area contributed by atoms with Crippen LogP contribution in [-0.4, -0.2) is 47.3 Å². The Hall–Kier alpha value is -2.38. The van der Waals surface area contributed by atoms with Gasteiger partial charge in [-0.05, 0) is 128 Å². The van der Waals surface area contributed by atoms with E-state index in [-0.39, 0.29) is 47.3 Å². The second kappa shape index (κ2) is 20.5. The van der Waals surface area contributed by atoms with Crippen LogP contribution in [0.4, 0.5) is 0 Å². The molecule has 280 valence electrons. The van der Waals surface area contributed by atoms with Crippen molar-refractivity contribution in [2.75, 3.05) is 0 Å². The Labute approximate surface area is 297 Å². The molecule has 6 aliphatic rings. The molecule has 0 aromatic rings. The van der Waals surface area contributed by atoms with Gasteiger partial charge in [-0.2, -0.15) is 0 Å². The van der Waals surface area contributed by atoms with Gasteiger partial charge in [0.15, 0.2) is 0 Å². The highest BCUT2D eigenvalue weighted by atomic mass is 16.6. The van der Waals surface area contributed by atoms with Gasteiger partial charge < -0.3 is 18.9 Å². The fourth-order valence-corrected chi connectivity index (χ4v) is 7.94.